The largest absolute Gasteiger partial charge is 0.466 e. The summed E-state index contributed by atoms with van der Waals surface area (Å²) in [7, 11) is 0. The molecular formula is C19H18N6O2S. The molecule has 28 heavy (non-hydrogen) atoms. The van der Waals surface area contributed by atoms with Crippen molar-refractivity contribution in [1.29, 1.82) is 0 Å². The van der Waals surface area contributed by atoms with Crippen molar-refractivity contribution in [2.75, 3.05) is 11.9 Å². The number of fused-ring (bicyclic) bond motifs is 4. The molecular weight excluding hydrogens is 376 g/mol. The second kappa shape index (κ2) is 6.83. The number of esters is 1. The highest BCUT2D eigenvalue weighted by atomic mass is 32.1. The molecule has 0 amide bonds. The van der Waals surface area contributed by atoms with Crippen LogP contribution < -0.4 is 5.32 Å². The molecule has 2 N–H and O–H groups in total. The molecule has 1 aliphatic rings. The van der Waals surface area contributed by atoms with Crippen LogP contribution >= 0.6 is 11.3 Å². The first-order valence-corrected chi connectivity index (χ1v) is 10.0. The zero-order valence-electron chi connectivity index (χ0n) is 15.2. The Morgan fingerprint density at radius 2 is 2.29 bits per heavy atom. The fourth-order valence-corrected chi connectivity index (χ4v) is 4.97. The maximum atomic E-state index is 12.1. The number of carbonyl (C=O) groups is 1. The van der Waals surface area contributed by atoms with Crippen molar-refractivity contribution >= 4 is 50.1 Å². The fourth-order valence-electron chi connectivity index (χ4n) is 3.71. The van der Waals surface area contributed by atoms with Crippen LogP contribution in [-0.2, 0) is 22.4 Å². The smallest absolute Gasteiger partial charge is 0.309 e. The lowest BCUT2D eigenvalue weighted by Crippen LogP contribution is -2.23. The number of ether oxygens (including phenoxy) is 1. The Labute approximate surface area is 164 Å². The molecule has 1 atom stereocenters. The van der Waals surface area contributed by atoms with E-state index in [0.29, 0.717) is 13.0 Å². The molecule has 8 nitrogen and oxygen atoms in total. The number of pyridine rings is 1. The van der Waals surface area contributed by atoms with E-state index < -0.39 is 0 Å². The van der Waals surface area contributed by atoms with E-state index >= 15 is 0 Å². The Hall–Kier alpha value is -3.07. The molecule has 0 saturated carbocycles. The van der Waals surface area contributed by atoms with E-state index in [1.165, 1.54) is 10.4 Å². The number of H-pyrrole nitrogens is 1. The minimum Gasteiger partial charge on any atom is -0.466 e. The summed E-state index contributed by atoms with van der Waals surface area (Å²) in [4.78, 5) is 27.6. The van der Waals surface area contributed by atoms with Crippen LogP contribution in [0.4, 0.5) is 11.5 Å². The van der Waals surface area contributed by atoms with Crippen LogP contribution in [0.2, 0.25) is 0 Å². The number of nitrogens with one attached hydrogen (secondary N) is 2. The van der Waals surface area contributed by atoms with Crippen molar-refractivity contribution in [2.45, 2.75) is 26.2 Å². The van der Waals surface area contributed by atoms with Crippen LogP contribution in [0.25, 0.3) is 21.3 Å². The molecule has 0 aromatic carbocycles. The number of aromatic amines is 1. The zero-order chi connectivity index (χ0) is 19.1. The monoisotopic (exact) mass is 394 g/mol. The van der Waals surface area contributed by atoms with Gasteiger partial charge in [0, 0.05) is 10.3 Å². The third kappa shape index (κ3) is 2.88. The highest BCUT2D eigenvalue weighted by Gasteiger charge is 2.29. The minimum absolute atomic E-state index is 0.0717. The number of aromatic nitrogens is 5. The standard InChI is InChI=1S/C19H18N6O2S/c1-2-27-19(26)10-3-4-13-14(6-10)28-18-15(13)17(21-9-22-18)24-12-5-11-7-23-25-16(11)20-8-12/h5,7-10H,2-4,6H2,1H3,(H,20,23,25)(H,21,22,24). The average Bonchev–Trinajstić information content (AvgIpc) is 3.31. The summed E-state index contributed by atoms with van der Waals surface area (Å²) < 4.78 is 5.21. The molecule has 0 saturated heterocycles. The summed E-state index contributed by atoms with van der Waals surface area (Å²) in [6.07, 6.45) is 7.37. The molecule has 0 aliphatic heterocycles. The fraction of sp³-hybridized carbons (Fsp3) is 0.316. The van der Waals surface area contributed by atoms with E-state index in [-0.39, 0.29) is 11.9 Å². The van der Waals surface area contributed by atoms with Crippen LogP contribution in [0.3, 0.4) is 0 Å². The number of carbonyl (C=O) groups excluding carboxylic acids is 1. The predicted octanol–water partition coefficient (Wildman–Crippen LogP) is 3.37. The number of hydrogen-bond acceptors (Lipinski definition) is 8. The number of anilines is 2. The van der Waals surface area contributed by atoms with Gasteiger partial charge in [0.25, 0.3) is 0 Å². The van der Waals surface area contributed by atoms with Crippen LogP contribution in [-0.4, -0.2) is 37.7 Å². The summed E-state index contributed by atoms with van der Waals surface area (Å²) in [5.74, 6) is 0.592. The minimum atomic E-state index is -0.102. The summed E-state index contributed by atoms with van der Waals surface area (Å²) in [6, 6.07) is 1.98. The molecule has 5 rings (SSSR count). The molecule has 1 unspecified atom stereocenters. The first kappa shape index (κ1) is 17.1. The molecule has 0 spiro atoms. The summed E-state index contributed by atoms with van der Waals surface area (Å²) in [5, 5.41) is 12.2. The average molecular weight is 394 g/mol. The molecule has 0 fully saturated rings. The first-order chi connectivity index (χ1) is 13.7. The van der Waals surface area contributed by atoms with Crippen molar-refractivity contribution in [1.82, 2.24) is 25.1 Å². The number of nitrogens with zero attached hydrogens (tertiary/aromatic N) is 4. The second-order valence-electron chi connectivity index (χ2n) is 6.75. The van der Waals surface area contributed by atoms with Gasteiger partial charge in [0.2, 0.25) is 0 Å². The Morgan fingerprint density at radius 3 is 3.18 bits per heavy atom. The van der Waals surface area contributed by atoms with Crippen molar-refractivity contribution in [2.24, 2.45) is 5.92 Å². The van der Waals surface area contributed by atoms with E-state index in [1.54, 1.807) is 30.1 Å². The van der Waals surface area contributed by atoms with Crippen LogP contribution in [0, 0.1) is 5.92 Å². The van der Waals surface area contributed by atoms with E-state index in [4.69, 9.17) is 4.74 Å². The lowest BCUT2D eigenvalue weighted by atomic mass is 9.88. The van der Waals surface area contributed by atoms with Crippen molar-refractivity contribution in [3.8, 4) is 0 Å². The van der Waals surface area contributed by atoms with Crippen LogP contribution in [0.5, 0.6) is 0 Å². The van der Waals surface area contributed by atoms with Crippen LogP contribution in [0.1, 0.15) is 23.8 Å². The molecule has 4 heterocycles. The van der Waals surface area contributed by atoms with E-state index in [9.17, 15) is 4.79 Å². The third-order valence-corrected chi connectivity index (χ3v) is 6.18. The zero-order valence-corrected chi connectivity index (χ0v) is 16.0. The van der Waals surface area contributed by atoms with Gasteiger partial charge in [-0.1, -0.05) is 0 Å². The summed E-state index contributed by atoms with van der Waals surface area (Å²) >= 11 is 1.64. The van der Waals surface area contributed by atoms with Gasteiger partial charge in [-0.2, -0.15) is 5.10 Å². The van der Waals surface area contributed by atoms with Gasteiger partial charge in [0.1, 0.15) is 17.0 Å². The Kier molecular flexibility index (Phi) is 4.16. The van der Waals surface area contributed by atoms with E-state index in [0.717, 1.165) is 45.6 Å². The van der Waals surface area contributed by atoms with Gasteiger partial charge in [0.05, 0.1) is 36.0 Å². The van der Waals surface area contributed by atoms with Gasteiger partial charge in [-0.05, 0) is 37.8 Å². The molecule has 1 aliphatic carbocycles. The van der Waals surface area contributed by atoms with Gasteiger partial charge in [-0.25, -0.2) is 15.0 Å². The lowest BCUT2D eigenvalue weighted by Gasteiger charge is -2.20. The van der Waals surface area contributed by atoms with Gasteiger partial charge in [-0.3, -0.25) is 9.89 Å². The van der Waals surface area contributed by atoms with Gasteiger partial charge < -0.3 is 10.1 Å². The Bertz CT molecular complexity index is 1180. The van der Waals surface area contributed by atoms with E-state index in [1.807, 2.05) is 13.0 Å². The van der Waals surface area contributed by atoms with E-state index in [2.05, 4.69) is 30.5 Å². The van der Waals surface area contributed by atoms with Gasteiger partial charge >= 0.3 is 5.97 Å². The highest BCUT2D eigenvalue weighted by Crippen LogP contribution is 2.40. The molecule has 4 aromatic rings. The number of thiophene rings is 1. The highest BCUT2D eigenvalue weighted by molar-refractivity contribution is 7.19. The molecule has 9 heteroatoms. The van der Waals surface area contributed by atoms with Crippen molar-refractivity contribution < 1.29 is 9.53 Å². The molecule has 0 radical (unpaired) electrons. The topological polar surface area (TPSA) is 106 Å². The quantitative estimate of drug-likeness (QED) is 0.511. The number of rotatable bonds is 4. The molecule has 0 bridgehead atoms. The summed E-state index contributed by atoms with van der Waals surface area (Å²) in [6.45, 7) is 2.26. The summed E-state index contributed by atoms with van der Waals surface area (Å²) in [5.41, 5.74) is 2.83. The maximum Gasteiger partial charge on any atom is 0.309 e. The number of hydrogen-bond donors (Lipinski definition) is 2. The SMILES string of the molecule is CCOC(=O)C1CCc2c(sc3ncnc(Nc4cnc5[nH]ncc5c4)c23)C1. The van der Waals surface area contributed by atoms with Gasteiger partial charge in [-0.15, -0.1) is 11.3 Å². The second-order valence-corrected chi connectivity index (χ2v) is 7.84. The van der Waals surface area contributed by atoms with Gasteiger partial charge in [0.15, 0.2) is 5.65 Å². The third-order valence-electron chi connectivity index (χ3n) is 5.02. The maximum absolute atomic E-state index is 12.1. The number of aryl methyl sites for hydroxylation is 1. The van der Waals surface area contributed by atoms with Crippen molar-refractivity contribution in [3.05, 3.63) is 35.2 Å². The molecule has 142 valence electrons. The first-order valence-electron chi connectivity index (χ1n) is 9.21. The van der Waals surface area contributed by atoms with Crippen molar-refractivity contribution in [3.63, 3.8) is 0 Å². The Balaban J connectivity index is 1.50. The molecule has 4 aromatic heterocycles. The normalized spacial score (nSPS) is 16.2. The predicted molar refractivity (Wildman–Crippen MR) is 107 cm³/mol. The lowest BCUT2D eigenvalue weighted by molar-refractivity contribution is -0.148. The Morgan fingerprint density at radius 1 is 1.36 bits per heavy atom. The van der Waals surface area contributed by atoms with Crippen LogP contribution in [0.15, 0.2) is 24.8 Å².